The lowest BCUT2D eigenvalue weighted by molar-refractivity contribution is -0.351. The van der Waals surface area contributed by atoms with E-state index in [0.717, 1.165) is 29.8 Å². The van der Waals surface area contributed by atoms with Gasteiger partial charge in [0.05, 0.1) is 48.1 Å². The summed E-state index contributed by atoms with van der Waals surface area (Å²) in [6.07, 6.45) is 0.879. The number of hydrogen-bond donors (Lipinski definition) is 0. The zero-order chi connectivity index (χ0) is 25.2. The Hall–Kier alpha value is -2.86. The molecule has 2 aliphatic carbocycles. The van der Waals surface area contributed by atoms with Crippen molar-refractivity contribution in [2.75, 3.05) is 18.0 Å². The second-order valence-corrected chi connectivity index (χ2v) is 10.2. The highest BCUT2D eigenvalue weighted by molar-refractivity contribution is 5.75. The Morgan fingerprint density at radius 1 is 1.03 bits per heavy atom. The lowest BCUT2D eigenvalue weighted by Crippen LogP contribution is -2.44. The van der Waals surface area contributed by atoms with Crippen LogP contribution in [0.2, 0.25) is 0 Å². The molecule has 0 spiro atoms. The zero-order valence-corrected chi connectivity index (χ0v) is 20.4. The highest BCUT2D eigenvalue weighted by atomic mass is 19.4. The van der Waals surface area contributed by atoms with Gasteiger partial charge in [0.25, 0.3) is 0 Å². The van der Waals surface area contributed by atoms with E-state index in [1.807, 2.05) is 31.6 Å². The van der Waals surface area contributed by atoms with Crippen molar-refractivity contribution in [3.8, 4) is 0 Å². The van der Waals surface area contributed by atoms with Gasteiger partial charge in [-0.1, -0.05) is 0 Å². The molecule has 12 heteroatoms. The van der Waals surface area contributed by atoms with Crippen molar-refractivity contribution in [2.24, 2.45) is 0 Å². The van der Waals surface area contributed by atoms with Crippen LogP contribution in [0.3, 0.4) is 0 Å². The minimum absolute atomic E-state index is 0.0742. The van der Waals surface area contributed by atoms with Crippen LogP contribution in [0.4, 0.5) is 19.1 Å². The summed E-state index contributed by atoms with van der Waals surface area (Å²) in [6.45, 7) is 6.84. The topological polar surface area (TPSA) is 91.1 Å². The number of fused-ring (bicyclic) bond motifs is 1. The van der Waals surface area contributed by atoms with Gasteiger partial charge in [0.2, 0.25) is 5.95 Å². The Bertz CT molecular complexity index is 1290. The van der Waals surface area contributed by atoms with Gasteiger partial charge in [-0.15, -0.1) is 13.2 Å². The Morgan fingerprint density at radius 3 is 2.50 bits per heavy atom. The number of aromatic nitrogens is 6. The summed E-state index contributed by atoms with van der Waals surface area (Å²) in [6, 6.07) is 0.486. The minimum Gasteiger partial charge on any atom is -0.367 e. The van der Waals surface area contributed by atoms with Crippen LogP contribution in [-0.2, 0) is 9.47 Å². The van der Waals surface area contributed by atoms with E-state index in [-0.39, 0.29) is 31.0 Å². The monoisotopic (exact) mass is 503 g/mol. The fraction of sp³-hybridized carbons (Fsp3) is 0.625. The van der Waals surface area contributed by atoms with Gasteiger partial charge in [-0.05, 0) is 46.5 Å². The van der Waals surface area contributed by atoms with Gasteiger partial charge in [0, 0.05) is 24.2 Å². The smallest absolute Gasteiger partial charge is 0.367 e. The Kier molecular flexibility index (Phi) is 5.63. The summed E-state index contributed by atoms with van der Waals surface area (Å²) < 4.78 is 50.5. The van der Waals surface area contributed by atoms with Crippen LogP contribution in [0.25, 0.3) is 11.2 Å². The van der Waals surface area contributed by atoms with E-state index in [1.54, 1.807) is 0 Å². The van der Waals surface area contributed by atoms with E-state index in [0.29, 0.717) is 41.9 Å². The van der Waals surface area contributed by atoms with Crippen LogP contribution in [0.5, 0.6) is 0 Å². The fourth-order valence-electron chi connectivity index (χ4n) is 4.98. The molecule has 2 saturated carbocycles. The van der Waals surface area contributed by atoms with E-state index in [2.05, 4.69) is 30.9 Å². The second-order valence-electron chi connectivity index (χ2n) is 10.2. The molecule has 0 radical (unpaired) electrons. The average molecular weight is 504 g/mol. The number of rotatable bonds is 5. The lowest BCUT2D eigenvalue weighted by Gasteiger charge is -2.38. The van der Waals surface area contributed by atoms with Crippen LogP contribution in [-0.4, -0.2) is 61.4 Å². The third kappa shape index (κ3) is 4.63. The first-order chi connectivity index (χ1) is 17.1. The molecule has 2 atom stereocenters. The number of halogens is 3. The van der Waals surface area contributed by atoms with Crippen molar-refractivity contribution < 1.29 is 22.6 Å². The highest BCUT2D eigenvalue weighted by Gasteiger charge is 2.42. The normalized spacial score (nSPS) is 26.9. The van der Waals surface area contributed by atoms with Crippen molar-refractivity contribution in [3.05, 3.63) is 35.0 Å². The fourth-order valence-corrected chi connectivity index (χ4v) is 4.98. The molecule has 0 bridgehead atoms. The highest BCUT2D eigenvalue weighted by Crippen LogP contribution is 2.43. The molecule has 0 N–H and O–H groups in total. The summed E-state index contributed by atoms with van der Waals surface area (Å²) in [5.74, 6) is 0.286. The molecule has 192 valence electrons. The summed E-state index contributed by atoms with van der Waals surface area (Å²) in [4.78, 5) is 21.0. The molecule has 0 amide bonds. The maximum absolute atomic E-state index is 12.7. The van der Waals surface area contributed by atoms with E-state index >= 15 is 0 Å². The van der Waals surface area contributed by atoms with Crippen LogP contribution in [0, 0.1) is 13.8 Å². The third-order valence-electron chi connectivity index (χ3n) is 7.20. The van der Waals surface area contributed by atoms with Gasteiger partial charge in [0.1, 0.15) is 11.6 Å². The molecule has 1 saturated heterocycles. The average Bonchev–Trinajstić information content (AvgIpc) is 3.51. The van der Waals surface area contributed by atoms with Gasteiger partial charge in [-0.3, -0.25) is 9.42 Å². The number of alkyl halides is 3. The molecule has 3 aromatic rings. The molecule has 3 fully saturated rings. The standard InChI is InChI=1S/C24H28F3N7O2/c1-12-9-33(11-19(35-12)16-8-28-34(10-16)17-4-5-17)23-31-20(15-6-18(7-15)36-24(25,26)27)21-22(32-23)30-14(3)13(2)29-21/h8,10,12,15,17-19H,4-7,9,11H2,1-3H3/t12-,15?,18?,19+/m0/s1. The van der Waals surface area contributed by atoms with Gasteiger partial charge in [-0.25, -0.2) is 15.0 Å². The van der Waals surface area contributed by atoms with Crippen LogP contribution < -0.4 is 4.90 Å². The quantitative estimate of drug-likeness (QED) is 0.509. The molecular formula is C24H28F3N7O2. The predicted octanol–water partition coefficient (Wildman–Crippen LogP) is 4.32. The summed E-state index contributed by atoms with van der Waals surface area (Å²) in [5, 5.41) is 4.50. The lowest BCUT2D eigenvalue weighted by atomic mass is 9.79. The number of nitrogens with zero attached hydrogens (tertiary/aromatic N) is 7. The van der Waals surface area contributed by atoms with Crippen molar-refractivity contribution in [1.29, 1.82) is 0 Å². The largest absolute Gasteiger partial charge is 0.522 e. The summed E-state index contributed by atoms with van der Waals surface area (Å²) in [5.41, 5.74) is 4.14. The van der Waals surface area contributed by atoms with Crippen molar-refractivity contribution in [1.82, 2.24) is 29.7 Å². The Labute approximate surface area is 206 Å². The summed E-state index contributed by atoms with van der Waals surface area (Å²) in [7, 11) is 0. The zero-order valence-electron chi connectivity index (χ0n) is 20.4. The van der Waals surface area contributed by atoms with E-state index in [1.165, 1.54) is 0 Å². The van der Waals surface area contributed by atoms with E-state index in [4.69, 9.17) is 14.7 Å². The van der Waals surface area contributed by atoms with E-state index in [9.17, 15) is 13.2 Å². The first-order valence-corrected chi connectivity index (χ1v) is 12.3. The van der Waals surface area contributed by atoms with Crippen molar-refractivity contribution >= 4 is 17.1 Å². The van der Waals surface area contributed by atoms with Crippen LogP contribution >= 0.6 is 0 Å². The van der Waals surface area contributed by atoms with Crippen molar-refractivity contribution in [2.45, 2.75) is 83.1 Å². The van der Waals surface area contributed by atoms with Crippen LogP contribution in [0.15, 0.2) is 12.4 Å². The van der Waals surface area contributed by atoms with E-state index < -0.39 is 12.5 Å². The van der Waals surface area contributed by atoms with Gasteiger partial charge >= 0.3 is 6.36 Å². The maximum atomic E-state index is 12.7. The van der Waals surface area contributed by atoms with Gasteiger partial charge in [-0.2, -0.15) is 10.1 Å². The van der Waals surface area contributed by atoms with Crippen molar-refractivity contribution in [3.63, 3.8) is 0 Å². The number of morpholine rings is 1. The molecule has 1 aliphatic heterocycles. The first-order valence-electron chi connectivity index (χ1n) is 12.3. The molecule has 3 aromatic heterocycles. The molecule has 0 aromatic carbocycles. The molecule has 6 rings (SSSR count). The summed E-state index contributed by atoms with van der Waals surface area (Å²) >= 11 is 0. The molecule has 3 aliphatic rings. The Morgan fingerprint density at radius 2 is 1.78 bits per heavy atom. The predicted molar refractivity (Wildman–Crippen MR) is 124 cm³/mol. The number of anilines is 1. The first kappa shape index (κ1) is 23.5. The minimum atomic E-state index is -4.64. The van der Waals surface area contributed by atoms with Crippen LogP contribution in [0.1, 0.15) is 73.3 Å². The Balaban J connectivity index is 1.31. The molecular weight excluding hydrogens is 475 g/mol. The molecule has 9 nitrogen and oxygen atoms in total. The number of aryl methyl sites for hydroxylation is 2. The third-order valence-corrected chi connectivity index (χ3v) is 7.20. The number of ether oxygens (including phenoxy) is 2. The molecule has 4 heterocycles. The SMILES string of the molecule is Cc1nc2nc(N3C[C@H](C)O[C@@H](c4cnn(C5CC5)c4)C3)nc(C3CC(OC(F)(F)F)C3)c2nc1C. The number of hydrogen-bond acceptors (Lipinski definition) is 8. The second kappa shape index (κ2) is 8.62. The van der Waals surface area contributed by atoms with Gasteiger partial charge in [0.15, 0.2) is 5.65 Å². The molecule has 0 unspecified atom stereocenters. The molecule has 36 heavy (non-hydrogen) atoms. The van der Waals surface area contributed by atoms with Gasteiger partial charge < -0.3 is 9.64 Å². The maximum Gasteiger partial charge on any atom is 0.522 e.